The van der Waals surface area contributed by atoms with Crippen LogP contribution in [0.1, 0.15) is 0 Å². The predicted molar refractivity (Wildman–Crippen MR) is 106 cm³/mol. The van der Waals surface area contributed by atoms with Crippen molar-refractivity contribution in [1.82, 2.24) is 14.5 Å². The molecule has 0 fully saturated rings. The van der Waals surface area contributed by atoms with Gasteiger partial charge in [0.15, 0.2) is 0 Å². The summed E-state index contributed by atoms with van der Waals surface area (Å²) in [4.78, 5) is 11.8. The lowest BCUT2D eigenvalue weighted by Gasteiger charge is -2.09. The summed E-state index contributed by atoms with van der Waals surface area (Å²) in [6.45, 7) is -0.0806. The fourth-order valence-corrected chi connectivity index (χ4v) is 3.82. The van der Waals surface area contributed by atoms with Crippen LogP contribution in [-0.2, 0) is 16.6 Å². The molecule has 0 saturated carbocycles. The molecule has 0 aliphatic heterocycles. The van der Waals surface area contributed by atoms with E-state index in [1.807, 2.05) is 0 Å². The van der Waals surface area contributed by atoms with Crippen LogP contribution in [0.3, 0.4) is 0 Å². The minimum Gasteiger partial charge on any atom is -0.268 e. The number of hydrogen-bond donors (Lipinski definition) is 1. The van der Waals surface area contributed by atoms with Crippen molar-refractivity contribution in [3.63, 3.8) is 0 Å². The van der Waals surface area contributed by atoms with Gasteiger partial charge in [-0.1, -0.05) is 35.3 Å². The van der Waals surface area contributed by atoms with Gasteiger partial charge in [-0.3, -0.25) is 4.79 Å². The van der Waals surface area contributed by atoms with Gasteiger partial charge in [0.1, 0.15) is 5.82 Å². The molecule has 3 rings (SSSR count). The maximum atomic E-state index is 13.2. The van der Waals surface area contributed by atoms with Crippen molar-refractivity contribution in [3.05, 3.63) is 80.8 Å². The van der Waals surface area contributed by atoms with E-state index in [1.165, 1.54) is 6.07 Å². The SMILES string of the molecule is O=c1ccc(-c2ccc(Cl)cc2)nn1CCNS(=O)(=O)c1ccc(F)c(Cl)c1. The zero-order valence-corrected chi connectivity index (χ0v) is 16.6. The summed E-state index contributed by atoms with van der Waals surface area (Å²) < 4.78 is 41.3. The van der Waals surface area contributed by atoms with E-state index < -0.39 is 15.8 Å². The summed E-state index contributed by atoms with van der Waals surface area (Å²) in [6, 6.07) is 13.0. The summed E-state index contributed by atoms with van der Waals surface area (Å²) in [5.74, 6) is -0.713. The average Bonchev–Trinajstić information content (AvgIpc) is 2.66. The third-order valence-electron chi connectivity index (χ3n) is 3.82. The number of aromatic nitrogens is 2. The first kappa shape index (κ1) is 20.5. The van der Waals surface area contributed by atoms with Crippen LogP contribution in [0.25, 0.3) is 11.3 Å². The maximum absolute atomic E-state index is 13.2. The highest BCUT2D eigenvalue weighted by molar-refractivity contribution is 7.89. The van der Waals surface area contributed by atoms with Gasteiger partial charge < -0.3 is 0 Å². The van der Waals surface area contributed by atoms with Gasteiger partial charge in [-0.05, 0) is 36.4 Å². The van der Waals surface area contributed by atoms with E-state index in [2.05, 4.69) is 9.82 Å². The molecule has 146 valence electrons. The Balaban J connectivity index is 1.73. The summed E-state index contributed by atoms with van der Waals surface area (Å²) >= 11 is 11.5. The van der Waals surface area contributed by atoms with E-state index in [0.717, 1.165) is 28.4 Å². The molecule has 6 nitrogen and oxygen atoms in total. The quantitative estimate of drug-likeness (QED) is 0.635. The zero-order chi connectivity index (χ0) is 20.3. The van der Waals surface area contributed by atoms with Crippen molar-refractivity contribution in [3.8, 4) is 11.3 Å². The molecule has 0 atom stereocenters. The van der Waals surface area contributed by atoms with E-state index in [1.54, 1.807) is 30.3 Å². The molecule has 0 saturated heterocycles. The lowest BCUT2D eigenvalue weighted by atomic mass is 10.1. The number of sulfonamides is 1. The van der Waals surface area contributed by atoms with Gasteiger partial charge in [-0.25, -0.2) is 22.2 Å². The number of benzene rings is 2. The Kier molecular flexibility index (Phi) is 6.14. The molecule has 0 radical (unpaired) electrons. The molecule has 0 aliphatic rings. The van der Waals surface area contributed by atoms with E-state index >= 15 is 0 Å². The van der Waals surface area contributed by atoms with Crippen LogP contribution in [0.4, 0.5) is 4.39 Å². The molecule has 0 aliphatic carbocycles. The van der Waals surface area contributed by atoms with Crippen LogP contribution in [0.2, 0.25) is 10.0 Å². The van der Waals surface area contributed by atoms with Gasteiger partial charge in [-0.15, -0.1) is 0 Å². The molecule has 10 heteroatoms. The Morgan fingerprint density at radius 2 is 1.75 bits per heavy atom. The standard InChI is InChI=1S/C18H14Cl2FN3O3S/c19-13-3-1-12(2-4-13)17-7-8-18(25)24(23-17)10-9-22-28(26,27)14-5-6-16(21)15(20)11-14/h1-8,11,22H,9-10H2. The molecule has 3 aromatic rings. The van der Waals surface area contributed by atoms with Crippen molar-refractivity contribution in [1.29, 1.82) is 0 Å². The fourth-order valence-electron chi connectivity index (χ4n) is 2.40. The monoisotopic (exact) mass is 441 g/mol. The minimum atomic E-state index is -3.91. The molecule has 1 N–H and O–H groups in total. The maximum Gasteiger partial charge on any atom is 0.266 e. The number of halogens is 3. The molecule has 0 spiro atoms. The first-order valence-corrected chi connectivity index (χ1v) is 10.3. The first-order valence-electron chi connectivity index (χ1n) is 8.05. The summed E-state index contributed by atoms with van der Waals surface area (Å²) in [5.41, 5.74) is 0.936. The smallest absolute Gasteiger partial charge is 0.266 e. The molecule has 0 bridgehead atoms. The van der Waals surface area contributed by atoms with Gasteiger partial charge >= 0.3 is 0 Å². The van der Waals surface area contributed by atoms with Crippen molar-refractivity contribution in [2.75, 3.05) is 6.54 Å². The Morgan fingerprint density at radius 1 is 1.04 bits per heavy atom. The lowest BCUT2D eigenvalue weighted by molar-refractivity contribution is 0.548. The largest absolute Gasteiger partial charge is 0.268 e. The number of hydrogen-bond acceptors (Lipinski definition) is 4. The van der Waals surface area contributed by atoms with Crippen LogP contribution < -0.4 is 10.3 Å². The average molecular weight is 442 g/mol. The molecule has 2 aromatic carbocycles. The van der Waals surface area contributed by atoms with Crippen LogP contribution >= 0.6 is 23.2 Å². The van der Waals surface area contributed by atoms with E-state index in [-0.39, 0.29) is 28.6 Å². The topological polar surface area (TPSA) is 81.1 Å². The van der Waals surface area contributed by atoms with Crippen LogP contribution in [0, 0.1) is 5.82 Å². The molecular weight excluding hydrogens is 428 g/mol. The van der Waals surface area contributed by atoms with Crippen molar-refractivity contribution >= 4 is 33.2 Å². The second-order valence-electron chi connectivity index (χ2n) is 5.76. The minimum absolute atomic E-state index is 0.00835. The fraction of sp³-hybridized carbons (Fsp3) is 0.111. The second-order valence-corrected chi connectivity index (χ2v) is 8.37. The van der Waals surface area contributed by atoms with Crippen LogP contribution in [0.15, 0.2) is 64.3 Å². The van der Waals surface area contributed by atoms with Gasteiger partial charge in [0.25, 0.3) is 5.56 Å². The molecular formula is C18H14Cl2FN3O3S. The van der Waals surface area contributed by atoms with Crippen molar-refractivity contribution in [2.24, 2.45) is 0 Å². The van der Waals surface area contributed by atoms with Gasteiger partial charge in [0.2, 0.25) is 10.0 Å². The van der Waals surface area contributed by atoms with Gasteiger partial charge in [-0.2, -0.15) is 5.10 Å². The number of nitrogens with one attached hydrogen (secondary N) is 1. The Hall–Kier alpha value is -2.26. The molecule has 28 heavy (non-hydrogen) atoms. The van der Waals surface area contributed by atoms with Crippen LogP contribution in [-0.4, -0.2) is 24.7 Å². The van der Waals surface area contributed by atoms with Gasteiger partial charge in [0, 0.05) is 23.2 Å². The zero-order valence-electron chi connectivity index (χ0n) is 14.3. The Bertz CT molecular complexity index is 1170. The Labute approximate surface area is 170 Å². The highest BCUT2D eigenvalue weighted by Crippen LogP contribution is 2.20. The molecule has 0 unspecified atom stereocenters. The third-order valence-corrected chi connectivity index (χ3v) is 5.82. The summed E-state index contributed by atoms with van der Waals surface area (Å²) in [6.07, 6.45) is 0. The number of rotatable bonds is 6. The normalized spacial score (nSPS) is 11.5. The predicted octanol–water partition coefficient (Wildman–Crippen LogP) is 3.33. The first-order chi connectivity index (χ1) is 13.3. The lowest BCUT2D eigenvalue weighted by Crippen LogP contribution is -2.32. The van der Waals surface area contributed by atoms with Crippen LogP contribution in [0.5, 0.6) is 0 Å². The van der Waals surface area contributed by atoms with E-state index in [0.29, 0.717) is 10.7 Å². The van der Waals surface area contributed by atoms with E-state index in [9.17, 15) is 17.6 Å². The summed E-state index contributed by atoms with van der Waals surface area (Å²) in [7, 11) is -3.91. The van der Waals surface area contributed by atoms with Crippen molar-refractivity contribution in [2.45, 2.75) is 11.4 Å². The highest BCUT2D eigenvalue weighted by atomic mass is 35.5. The van der Waals surface area contributed by atoms with E-state index in [4.69, 9.17) is 23.2 Å². The van der Waals surface area contributed by atoms with Gasteiger partial charge in [0.05, 0.1) is 22.2 Å². The second kappa shape index (κ2) is 8.40. The highest BCUT2D eigenvalue weighted by Gasteiger charge is 2.15. The Morgan fingerprint density at radius 3 is 2.43 bits per heavy atom. The van der Waals surface area contributed by atoms with Crippen molar-refractivity contribution < 1.29 is 12.8 Å². The summed E-state index contributed by atoms with van der Waals surface area (Å²) in [5, 5.41) is 4.53. The number of nitrogens with zero attached hydrogens (tertiary/aromatic N) is 2. The third kappa shape index (κ3) is 4.77. The molecule has 1 heterocycles. The molecule has 1 aromatic heterocycles. The molecule has 0 amide bonds.